The third-order valence-corrected chi connectivity index (χ3v) is 5.47. The van der Waals surface area contributed by atoms with Gasteiger partial charge in [-0.15, -0.1) is 0 Å². The molecule has 128 valence electrons. The number of nitrogens with zero attached hydrogens (tertiary/aromatic N) is 2. The van der Waals surface area contributed by atoms with Crippen LogP contribution >= 0.6 is 0 Å². The zero-order chi connectivity index (χ0) is 16.7. The van der Waals surface area contributed by atoms with Crippen molar-refractivity contribution in [3.8, 4) is 17.0 Å². The molecule has 0 aliphatic carbocycles. The highest BCUT2D eigenvalue weighted by Crippen LogP contribution is 2.34. The van der Waals surface area contributed by atoms with Crippen LogP contribution in [-0.2, 0) is 0 Å². The summed E-state index contributed by atoms with van der Waals surface area (Å²) in [6.45, 7) is 6.49. The van der Waals surface area contributed by atoms with E-state index < -0.39 is 0 Å². The van der Waals surface area contributed by atoms with Crippen molar-refractivity contribution in [2.24, 2.45) is 0 Å². The monoisotopic (exact) mass is 326 g/mol. The number of aromatic nitrogens is 2. The lowest BCUT2D eigenvalue weighted by atomic mass is 9.96. The lowest BCUT2D eigenvalue weighted by Gasteiger charge is -2.36. The van der Waals surface area contributed by atoms with Crippen LogP contribution < -0.4 is 5.32 Å². The molecule has 0 radical (unpaired) electrons. The van der Waals surface area contributed by atoms with Gasteiger partial charge < -0.3 is 15.4 Å². The van der Waals surface area contributed by atoms with Crippen molar-refractivity contribution in [1.82, 2.24) is 14.9 Å². The van der Waals surface area contributed by atoms with Gasteiger partial charge in [-0.2, -0.15) is 0 Å². The number of piperidine rings is 1. The zero-order valence-corrected chi connectivity index (χ0v) is 14.5. The molecule has 24 heavy (non-hydrogen) atoms. The first-order valence-electron chi connectivity index (χ1n) is 8.98. The number of hydrogen-bond acceptors (Lipinski definition) is 4. The number of aromatic hydroxyl groups is 1. The molecule has 2 saturated heterocycles. The van der Waals surface area contributed by atoms with Crippen LogP contribution in [0, 0.1) is 13.8 Å². The standard InChI is InChI=1S/C19H26N4O/c1-12-9-13(2)18(17(24)10-12)15-11-20-19(22-15)21-14-5-3-7-23-8-4-6-16(14)23/h9-11,14,16,24H,3-8H2,1-2H3,(H2,20,21,22). The Morgan fingerprint density at radius 2 is 2.00 bits per heavy atom. The molecule has 2 aliphatic rings. The number of anilines is 1. The molecule has 1 aromatic carbocycles. The number of hydrogen-bond donors (Lipinski definition) is 3. The molecule has 3 heterocycles. The highest BCUT2D eigenvalue weighted by molar-refractivity contribution is 5.71. The van der Waals surface area contributed by atoms with Crippen LogP contribution in [-0.4, -0.2) is 45.1 Å². The fourth-order valence-corrected chi connectivity index (χ4v) is 4.45. The normalized spacial score (nSPS) is 24.1. The maximum Gasteiger partial charge on any atom is 0.200 e. The molecule has 2 fully saturated rings. The first-order chi connectivity index (χ1) is 11.6. The summed E-state index contributed by atoms with van der Waals surface area (Å²) in [5.74, 6) is 1.12. The summed E-state index contributed by atoms with van der Waals surface area (Å²) in [6.07, 6.45) is 6.85. The molecular weight excluding hydrogens is 300 g/mol. The SMILES string of the molecule is Cc1cc(C)c(-c2cnc(NC3CCCN4CCCC34)[nH]2)c(O)c1. The van der Waals surface area contributed by atoms with Gasteiger partial charge in [0.1, 0.15) is 5.75 Å². The predicted molar refractivity (Wildman–Crippen MR) is 96.4 cm³/mol. The maximum atomic E-state index is 10.3. The molecule has 2 unspecified atom stereocenters. The second-order valence-corrected chi connectivity index (χ2v) is 7.26. The number of H-pyrrole nitrogens is 1. The molecule has 2 aliphatic heterocycles. The largest absolute Gasteiger partial charge is 0.507 e. The van der Waals surface area contributed by atoms with Gasteiger partial charge in [-0.05, 0) is 69.8 Å². The Morgan fingerprint density at radius 3 is 2.79 bits per heavy atom. The molecule has 2 aromatic rings. The molecule has 0 bridgehead atoms. The number of aromatic amines is 1. The Morgan fingerprint density at radius 1 is 1.21 bits per heavy atom. The van der Waals surface area contributed by atoms with Crippen molar-refractivity contribution < 1.29 is 5.11 Å². The van der Waals surface area contributed by atoms with Crippen molar-refractivity contribution >= 4 is 5.95 Å². The molecule has 0 amide bonds. The van der Waals surface area contributed by atoms with Crippen LogP contribution in [0.25, 0.3) is 11.3 Å². The van der Waals surface area contributed by atoms with Crippen LogP contribution in [0.3, 0.4) is 0 Å². The second-order valence-electron chi connectivity index (χ2n) is 7.26. The minimum atomic E-state index is 0.308. The summed E-state index contributed by atoms with van der Waals surface area (Å²) < 4.78 is 0. The van der Waals surface area contributed by atoms with E-state index in [1.54, 1.807) is 6.07 Å². The van der Waals surface area contributed by atoms with Crippen LogP contribution in [0.4, 0.5) is 5.95 Å². The number of phenols is 1. The van der Waals surface area contributed by atoms with E-state index in [2.05, 4.69) is 26.3 Å². The summed E-state index contributed by atoms with van der Waals surface area (Å²) >= 11 is 0. The average Bonchev–Trinajstić information content (AvgIpc) is 3.16. The molecule has 2 atom stereocenters. The van der Waals surface area contributed by atoms with E-state index in [9.17, 15) is 5.11 Å². The summed E-state index contributed by atoms with van der Waals surface area (Å²) in [5.41, 5.74) is 3.83. The van der Waals surface area contributed by atoms with Gasteiger partial charge in [-0.1, -0.05) is 6.07 Å². The van der Waals surface area contributed by atoms with Crippen molar-refractivity contribution in [2.75, 3.05) is 18.4 Å². The van der Waals surface area contributed by atoms with E-state index in [1.165, 1.54) is 38.8 Å². The molecule has 5 nitrogen and oxygen atoms in total. The lowest BCUT2D eigenvalue weighted by Crippen LogP contribution is -2.47. The molecular formula is C19H26N4O. The van der Waals surface area contributed by atoms with Gasteiger partial charge in [-0.25, -0.2) is 4.98 Å². The summed E-state index contributed by atoms with van der Waals surface area (Å²) in [5, 5.41) is 13.9. The molecule has 4 rings (SSSR count). The number of imidazole rings is 1. The smallest absolute Gasteiger partial charge is 0.200 e. The molecule has 0 spiro atoms. The fourth-order valence-electron chi connectivity index (χ4n) is 4.45. The topological polar surface area (TPSA) is 64.2 Å². The Kier molecular flexibility index (Phi) is 3.96. The first kappa shape index (κ1) is 15.5. The highest BCUT2D eigenvalue weighted by atomic mass is 16.3. The van der Waals surface area contributed by atoms with Gasteiger partial charge in [0.2, 0.25) is 5.95 Å². The number of phenolic OH excluding ortho intramolecular Hbond substituents is 1. The number of nitrogens with one attached hydrogen (secondary N) is 2. The van der Waals surface area contributed by atoms with E-state index >= 15 is 0 Å². The summed E-state index contributed by atoms with van der Waals surface area (Å²) in [7, 11) is 0. The minimum Gasteiger partial charge on any atom is -0.507 e. The number of benzene rings is 1. The molecule has 0 saturated carbocycles. The number of rotatable bonds is 3. The Balaban J connectivity index is 1.55. The third-order valence-electron chi connectivity index (χ3n) is 5.47. The predicted octanol–water partition coefficient (Wildman–Crippen LogP) is 3.44. The summed E-state index contributed by atoms with van der Waals surface area (Å²) in [4.78, 5) is 10.5. The van der Waals surface area contributed by atoms with Crippen LogP contribution in [0.15, 0.2) is 18.3 Å². The Labute approximate surface area is 143 Å². The quantitative estimate of drug-likeness (QED) is 0.808. The van der Waals surface area contributed by atoms with E-state index in [4.69, 9.17) is 0 Å². The molecule has 3 N–H and O–H groups in total. The molecule has 1 aromatic heterocycles. The second kappa shape index (κ2) is 6.13. The van der Waals surface area contributed by atoms with E-state index in [0.717, 1.165) is 28.3 Å². The van der Waals surface area contributed by atoms with Crippen molar-refractivity contribution in [3.05, 3.63) is 29.5 Å². The Hall–Kier alpha value is -2.01. The van der Waals surface area contributed by atoms with Gasteiger partial charge in [0, 0.05) is 17.6 Å². The van der Waals surface area contributed by atoms with Crippen molar-refractivity contribution in [3.63, 3.8) is 0 Å². The van der Waals surface area contributed by atoms with Crippen LogP contribution in [0.2, 0.25) is 0 Å². The van der Waals surface area contributed by atoms with Gasteiger partial charge in [0.05, 0.1) is 11.9 Å². The van der Waals surface area contributed by atoms with Crippen molar-refractivity contribution in [1.29, 1.82) is 0 Å². The maximum absolute atomic E-state index is 10.3. The Bertz CT molecular complexity index is 716. The minimum absolute atomic E-state index is 0.308. The highest BCUT2D eigenvalue weighted by Gasteiger charge is 2.34. The van der Waals surface area contributed by atoms with Crippen LogP contribution in [0.1, 0.15) is 36.8 Å². The average molecular weight is 326 g/mol. The summed E-state index contributed by atoms with van der Waals surface area (Å²) in [6, 6.07) is 4.99. The van der Waals surface area contributed by atoms with Gasteiger partial charge >= 0.3 is 0 Å². The van der Waals surface area contributed by atoms with Crippen molar-refractivity contribution in [2.45, 2.75) is 51.6 Å². The lowest BCUT2D eigenvalue weighted by molar-refractivity contribution is 0.182. The van der Waals surface area contributed by atoms with Gasteiger partial charge in [0.15, 0.2) is 0 Å². The van der Waals surface area contributed by atoms with E-state index in [1.807, 2.05) is 20.0 Å². The zero-order valence-electron chi connectivity index (χ0n) is 14.5. The van der Waals surface area contributed by atoms with Crippen LogP contribution in [0.5, 0.6) is 5.75 Å². The fraction of sp³-hybridized carbons (Fsp3) is 0.526. The van der Waals surface area contributed by atoms with E-state index in [-0.39, 0.29) is 0 Å². The van der Waals surface area contributed by atoms with Gasteiger partial charge in [-0.3, -0.25) is 4.90 Å². The first-order valence-corrected chi connectivity index (χ1v) is 8.98. The third kappa shape index (κ3) is 2.77. The van der Waals surface area contributed by atoms with E-state index in [0.29, 0.717) is 17.8 Å². The number of aryl methyl sites for hydroxylation is 2. The molecule has 5 heteroatoms. The van der Waals surface area contributed by atoms with Gasteiger partial charge in [0.25, 0.3) is 0 Å². The number of fused-ring (bicyclic) bond motifs is 1.